The number of unbranched alkanes of at least 4 members (excludes halogenated alkanes) is 1. The Morgan fingerprint density at radius 2 is 2.28 bits per heavy atom. The first kappa shape index (κ1) is 13.2. The molecular formula is C16H22O2. The highest BCUT2D eigenvalue weighted by Crippen LogP contribution is 2.39. The first-order valence-electron chi connectivity index (χ1n) is 6.67. The van der Waals surface area contributed by atoms with E-state index in [1.54, 1.807) is 0 Å². The minimum absolute atomic E-state index is 0.319. The van der Waals surface area contributed by atoms with Gasteiger partial charge in [0.05, 0.1) is 12.2 Å². The number of allylic oxidation sites excluding steroid dienone is 1. The summed E-state index contributed by atoms with van der Waals surface area (Å²) < 4.78 is 5.66. The number of aliphatic hydroxyl groups is 1. The molecule has 0 bridgehead atoms. The number of hydrogen-bond donors (Lipinski definition) is 1. The van der Waals surface area contributed by atoms with Crippen LogP contribution in [0.25, 0.3) is 0 Å². The number of fused-ring (bicyclic) bond motifs is 1. The molecule has 0 saturated carbocycles. The molecule has 1 aliphatic heterocycles. The number of ether oxygens (including phenoxy) is 1. The van der Waals surface area contributed by atoms with Crippen LogP contribution in [0.5, 0.6) is 5.75 Å². The molecule has 1 aliphatic rings. The van der Waals surface area contributed by atoms with Gasteiger partial charge < -0.3 is 9.84 Å². The number of hydrogen-bond acceptors (Lipinski definition) is 2. The third kappa shape index (κ3) is 3.14. The van der Waals surface area contributed by atoms with Gasteiger partial charge in [-0.05, 0) is 38.7 Å². The molecule has 2 rings (SSSR count). The van der Waals surface area contributed by atoms with Crippen LogP contribution < -0.4 is 4.74 Å². The van der Waals surface area contributed by atoms with Gasteiger partial charge in [-0.3, -0.25) is 0 Å². The van der Waals surface area contributed by atoms with E-state index in [4.69, 9.17) is 4.74 Å². The predicted molar refractivity (Wildman–Crippen MR) is 74.0 cm³/mol. The molecule has 1 aromatic rings. The van der Waals surface area contributed by atoms with Crippen LogP contribution in [-0.4, -0.2) is 17.3 Å². The van der Waals surface area contributed by atoms with Gasteiger partial charge in [-0.2, -0.15) is 0 Å². The molecular weight excluding hydrogens is 224 g/mol. The molecule has 0 saturated heterocycles. The molecule has 0 radical (unpaired) electrons. The van der Waals surface area contributed by atoms with E-state index in [1.165, 1.54) is 5.56 Å². The molecule has 1 aromatic carbocycles. The third-order valence-electron chi connectivity index (χ3n) is 3.61. The van der Waals surface area contributed by atoms with Crippen molar-refractivity contribution < 1.29 is 9.84 Å². The van der Waals surface area contributed by atoms with E-state index in [0.717, 1.165) is 31.4 Å². The van der Waals surface area contributed by atoms with Crippen LogP contribution >= 0.6 is 0 Å². The summed E-state index contributed by atoms with van der Waals surface area (Å²) >= 11 is 0. The highest BCUT2D eigenvalue weighted by atomic mass is 16.5. The average Bonchev–Trinajstić information content (AvgIpc) is 2.72. The van der Waals surface area contributed by atoms with E-state index < -0.39 is 5.60 Å². The second-order valence-corrected chi connectivity index (χ2v) is 5.43. The summed E-state index contributed by atoms with van der Waals surface area (Å²) in [5.41, 5.74) is 0.621. The van der Waals surface area contributed by atoms with Crippen molar-refractivity contribution in [3.05, 3.63) is 42.5 Å². The minimum Gasteiger partial charge on any atom is -0.493 e. The summed E-state index contributed by atoms with van der Waals surface area (Å²) in [5, 5.41) is 10.4. The molecule has 18 heavy (non-hydrogen) atoms. The Balaban J connectivity index is 1.96. The number of rotatable bonds is 6. The van der Waals surface area contributed by atoms with Crippen molar-refractivity contribution in [3.63, 3.8) is 0 Å². The van der Waals surface area contributed by atoms with Crippen molar-refractivity contribution in [1.29, 1.82) is 0 Å². The molecule has 1 N–H and O–H groups in total. The van der Waals surface area contributed by atoms with Gasteiger partial charge in [-0.1, -0.05) is 24.3 Å². The second-order valence-electron chi connectivity index (χ2n) is 5.43. The van der Waals surface area contributed by atoms with Crippen LogP contribution in [0.3, 0.4) is 0 Å². The summed E-state index contributed by atoms with van der Waals surface area (Å²) in [6.07, 6.45) is 5.45. The lowest BCUT2D eigenvalue weighted by Crippen LogP contribution is -2.27. The molecule has 2 nitrogen and oxygen atoms in total. The van der Waals surface area contributed by atoms with Crippen molar-refractivity contribution >= 4 is 0 Å². The SMILES string of the molecule is C=CCCCC(C)(O)CC1COc2ccccc21. The Kier molecular flexibility index (Phi) is 4.07. The Morgan fingerprint density at radius 3 is 3.06 bits per heavy atom. The molecule has 0 fully saturated rings. The monoisotopic (exact) mass is 246 g/mol. The van der Waals surface area contributed by atoms with Gasteiger partial charge in [0.25, 0.3) is 0 Å². The van der Waals surface area contributed by atoms with E-state index in [0.29, 0.717) is 12.5 Å². The molecule has 2 heteroatoms. The van der Waals surface area contributed by atoms with Crippen LogP contribution in [0.4, 0.5) is 0 Å². The molecule has 0 aromatic heterocycles. The fraction of sp³-hybridized carbons (Fsp3) is 0.500. The molecule has 98 valence electrons. The van der Waals surface area contributed by atoms with Gasteiger partial charge in [0.1, 0.15) is 5.75 Å². The highest BCUT2D eigenvalue weighted by Gasteiger charge is 2.31. The Labute approximate surface area is 109 Å². The Hall–Kier alpha value is -1.28. The van der Waals surface area contributed by atoms with Crippen LogP contribution in [0, 0.1) is 0 Å². The maximum atomic E-state index is 10.4. The zero-order valence-electron chi connectivity index (χ0n) is 11.1. The van der Waals surface area contributed by atoms with Crippen molar-refractivity contribution in [3.8, 4) is 5.75 Å². The number of benzene rings is 1. The zero-order chi connectivity index (χ0) is 13.0. The van der Waals surface area contributed by atoms with Crippen LogP contribution in [0.2, 0.25) is 0 Å². The van der Waals surface area contributed by atoms with E-state index >= 15 is 0 Å². The van der Waals surface area contributed by atoms with E-state index in [-0.39, 0.29) is 0 Å². The predicted octanol–water partition coefficient (Wildman–Crippen LogP) is 3.66. The second kappa shape index (κ2) is 5.57. The normalized spacial score (nSPS) is 20.9. The summed E-state index contributed by atoms with van der Waals surface area (Å²) in [6.45, 7) is 6.33. The highest BCUT2D eigenvalue weighted by molar-refractivity contribution is 5.39. The van der Waals surface area contributed by atoms with Crippen LogP contribution in [0.1, 0.15) is 44.1 Å². The lowest BCUT2D eigenvalue weighted by Gasteiger charge is -2.26. The maximum absolute atomic E-state index is 10.4. The Bertz CT molecular complexity index is 409. The standard InChI is InChI=1S/C16H22O2/c1-3-4-7-10-16(2,17)11-13-12-18-15-9-6-5-8-14(13)15/h3,5-6,8-9,13,17H,1,4,7,10-12H2,2H3. The average molecular weight is 246 g/mol. The molecule has 0 spiro atoms. The van der Waals surface area contributed by atoms with Crippen molar-refractivity contribution in [1.82, 2.24) is 0 Å². The lowest BCUT2D eigenvalue weighted by atomic mass is 9.85. The van der Waals surface area contributed by atoms with Crippen molar-refractivity contribution in [2.75, 3.05) is 6.61 Å². The first-order chi connectivity index (χ1) is 8.62. The fourth-order valence-electron chi connectivity index (χ4n) is 2.66. The molecule has 1 heterocycles. The lowest BCUT2D eigenvalue weighted by molar-refractivity contribution is 0.0309. The van der Waals surface area contributed by atoms with Crippen molar-refractivity contribution in [2.24, 2.45) is 0 Å². The number of para-hydroxylation sites is 1. The first-order valence-corrected chi connectivity index (χ1v) is 6.67. The summed E-state index contributed by atoms with van der Waals surface area (Å²) in [4.78, 5) is 0. The van der Waals surface area contributed by atoms with E-state index in [9.17, 15) is 5.11 Å². The van der Waals surface area contributed by atoms with Gasteiger partial charge in [0, 0.05) is 11.5 Å². The molecule has 2 atom stereocenters. The maximum Gasteiger partial charge on any atom is 0.122 e. The van der Waals surface area contributed by atoms with Gasteiger partial charge in [0.15, 0.2) is 0 Å². The van der Waals surface area contributed by atoms with E-state index in [1.807, 2.05) is 31.2 Å². The molecule has 2 unspecified atom stereocenters. The van der Waals surface area contributed by atoms with Gasteiger partial charge in [-0.15, -0.1) is 6.58 Å². The fourth-order valence-corrected chi connectivity index (χ4v) is 2.66. The van der Waals surface area contributed by atoms with Crippen LogP contribution in [0.15, 0.2) is 36.9 Å². The van der Waals surface area contributed by atoms with E-state index in [2.05, 4.69) is 12.6 Å². The third-order valence-corrected chi connectivity index (χ3v) is 3.61. The van der Waals surface area contributed by atoms with Crippen LogP contribution in [-0.2, 0) is 0 Å². The minimum atomic E-state index is -0.617. The van der Waals surface area contributed by atoms with Crippen molar-refractivity contribution in [2.45, 2.75) is 44.1 Å². The zero-order valence-corrected chi connectivity index (χ0v) is 11.1. The Morgan fingerprint density at radius 1 is 1.50 bits per heavy atom. The smallest absolute Gasteiger partial charge is 0.122 e. The van der Waals surface area contributed by atoms with Gasteiger partial charge >= 0.3 is 0 Å². The molecule has 0 aliphatic carbocycles. The summed E-state index contributed by atoms with van der Waals surface area (Å²) in [5.74, 6) is 1.30. The molecule has 0 amide bonds. The quantitative estimate of drug-likeness (QED) is 0.613. The summed E-state index contributed by atoms with van der Waals surface area (Å²) in [7, 11) is 0. The topological polar surface area (TPSA) is 29.5 Å². The van der Waals surface area contributed by atoms with Gasteiger partial charge in [0.2, 0.25) is 0 Å². The largest absolute Gasteiger partial charge is 0.493 e. The summed E-state index contributed by atoms with van der Waals surface area (Å²) in [6, 6.07) is 8.13. The van der Waals surface area contributed by atoms with Gasteiger partial charge in [-0.25, -0.2) is 0 Å².